The first kappa shape index (κ1) is 22.6. The number of thioether (sulfide) groups is 1. The normalized spacial score (nSPS) is 10.9. The molecule has 0 unspecified atom stereocenters. The Morgan fingerprint density at radius 3 is 2.64 bits per heavy atom. The van der Waals surface area contributed by atoms with Gasteiger partial charge in [0.05, 0.1) is 18.4 Å². The van der Waals surface area contributed by atoms with Gasteiger partial charge in [-0.15, -0.1) is 10.2 Å². The van der Waals surface area contributed by atoms with Crippen LogP contribution in [0.1, 0.15) is 12.5 Å². The number of amides is 1. The van der Waals surface area contributed by atoms with Crippen molar-refractivity contribution in [1.29, 1.82) is 0 Å². The molecule has 0 aliphatic heterocycles. The van der Waals surface area contributed by atoms with E-state index in [-0.39, 0.29) is 11.7 Å². The summed E-state index contributed by atoms with van der Waals surface area (Å²) in [7, 11) is 5.40. The SMILES string of the molecule is CCc1ccc(NC(=O)CSc2nnc(-c3cn(C)nc3-c3cccc(OC)c3)n2C)cc1. The maximum absolute atomic E-state index is 12.4. The number of hydrogen-bond acceptors (Lipinski definition) is 6. The van der Waals surface area contributed by atoms with Crippen molar-refractivity contribution in [2.75, 3.05) is 18.2 Å². The predicted octanol–water partition coefficient (Wildman–Crippen LogP) is 4.18. The molecule has 0 saturated heterocycles. The van der Waals surface area contributed by atoms with E-state index in [9.17, 15) is 4.79 Å². The van der Waals surface area contributed by atoms with Crippen molar-refractivity contribution in [3.8, 4) is 28.4 Å². The molecule has 2 aromatic heterocycles. The van der Waals surface area contributed by atoms with Gasteiger partial charge in [0, 0.05) is 31.5 Å². The highest BCUT2D eigenvalue weighted by atomic mass is 32.2. The number of ether oxygens (including phenoxy) is 1. The third-order valence-corrected chi connectivity index (χ3v) is 6.25. The lowest BCUT2D eigenvalue weighted by molar-refractivity contribution is -0.113. The summed E-state index contributed by atoms with van der Waals surface area (Å²) in [5.74, 6) is 1.58. The van der Waals surface area contributed by atoms with E-state index in [0.29, 0.717) is 11.0 Å². The van der Waals surface area contributed by atoms with Gasteiger partial charge < -0.3 is 14.6 Å². The first-order chi connectivity index (χ1) is 16.0. The number of benzene rings is 2. The van der Waals surface area contributed by atoms with Crippen LogP contribution in [0, 0.1) is 0 Å². The largest absolute Gasteiger partial charge is 0.497 e. The van der Waals surface area contributed by atoms with E-state index >= 15 is 0 Å². The van der Waals surface area contributed by atoms with Crippen LogP contribution < -0.4 is 10.1 Å². The Hall–Kier alpha value is -3.59. The Morgan fingerprint density at radius 2 is 1.91 bits per heavy atom. The molecule has 0 spiro atoms. The molecule has 2 aromatic carbocycles. The van der Waals surface area contributed by atoms with E-state index in [1.54, 1.807) is 11.8 Å². The monoisotopic (exact) mass is 462 g/mol. The summed E-state index contributed by atoms with van der Waals surface area (Å²) in [6, 6.07) is 15.6. The van der Waals surface area contributed by atoms with Gasteiger partial charge in [-0.2, -0.15) is 5.10 Å². The summed E-state index contributed by atoms with van der Waals surface area (Å²) in [4.78, 5) is 12.4. The molecule has 1 amide bonds. The maximum Gasteiger partial charge on any atom is 0.234 e. The van der Waals surface area contributed by atoms with Crippen LogP contribution in [0.2, 0.25) is 0 Å². The Balaban J connectivity index is 1.49. The van der Waals surface area contributed by atoms with Gasteiger partial charge in [0.2, 0.25) is 5.91 Å². The van der Waals surface area contributed by atoms with Crippen LogP contribution in [0.3, 0.4) is 0 Å². The number of carbonyl (C=O) groups is 1. The average molecular weight is 463 g/mol. The van der Waals surface area contributed by atoms with E-state index in [4.69, 9.17) is 4.74 Å². The van der Waals surface area contributed by atoms with Crippen molar-refractivity contribution >= 4 is 23.4 Å². The number of aromatic nitrogens is 5. The molecule has 4 aromatic rings. The van der Waals surface area contributed by atoms with Gasteiger partial charge in [-0.1, -0.05) is 43.0 Å². The molecule has 0 saturated carbocycles. The van der Waals surface area contributed by atoms with E-state index in [0.717, 1.165) is 34.7 Å². The molecule has 1 N–H and O–H groups in total. The average Bonchev–Trinajstić information content (AvgIpc) is 3.40. The zero-order valence-electron chi connectivity index (χ0n) is 19.1. The summed E-state index contributed by atoms with van der Waals surface area (Å²) in [6.45, 7) is 2.10. The minimum atomic E-state index is -0.0905. The van der Waals surface area contributed by atoms with Gasteiger partial charge in [0.25, 0.3) is 0 Å². The molecule has 33 heavy (non-hydrogen) atoms. The molecule has 0 atom stereocenters. The highest BCUT2D eigenvalue weighted by Gasteiger charge is 2.19. The topological polar surface area (TPSA) is 86.9 Å². The van der Waals surface area contributed by atoms with E-state index in [1.165, 1.54) is 17.3 Å². The maximum atomic E-state index is 12.4. The minimum absolute atomic E-state index is 0.0905. The Morgan fingerprint density at radius 1 is 1.12 bits per heavy atom. The fourth-order valence-corrected chi connectivity index (χ4v) is 4.17. The molecular weight excluding hydrogens is 436 g/mol. The number of rotatable bonds is 8. The zero-order chi connectivity index (χ0) is 23.4. The molecule has 9 heteroatoms. The summed E-state index contributed by atoms with van der Waals surface area (Å²) in [6.07, 6.45) is 2.88. The standard InChI is InChI=1S/C24H26N6O2S/c1-5-16-9-11-18(12-10-16)25-21(31)15-33-24-27-26-23(30(24)3)20-14-29(2)28-22(20)17-7-6-8-19(13-17)32-4/h6-14H,5,15H2,1-4H3,(H,25,31). The summed E-state index contributed by atoms with van der Waals surface area (Å²) < 4.78 is 8.99. The lowest BCUT2D eigenvalue weighted by Crippen LogP contribution is -2.14. The summed E-state index contributed by atoms with van der Waals surface area (Å²) >= 11 is 1.34. The van der Waals surface area contributed by atoms with Crippen molar-refractivity contribution < 1.29 is 9.53 Å². The number of nitrogens with one attached hydrogen (secondary N) is 1. The van der Waals surface area contributed by atoms with Crippen LogP contribution in [0.15, 0.2) is 59.9 Å². The van der Waals surface area contributed by atoms with Crippen LogP contribution in [0.5, 0.6) is 5.75 Å². The molecule has 4 rings (SSSR count). The molecule has 170 valence electrons. The second kappa shape index (κ2) is 9.91. The van der Waals surface area contributed by atoms with Crippen LogP contribution in [-0.4, -0.2) is 43.3 Å². The van der Waals surface area contributed by atoms with Gasteiger partial charge in [-0.3, -0.25) is 9.48 Å². The number of anilines is 1. The fourth-order valence-electron chi connectivity index (χ4n) is 3.46. The zero-order valence-corrected chi connectivity index (χ0v) is 19.9. The highest BCUT2D eigenvalue weighted by Crippen LogP contribution is 2.32. The van der Waals surface area contributed by atoms with E-state index in [2.05, 4.69) is 27.5 Å². The third-order valence-electron chi connectivity index (χ3n) is 5.23. The summed E-state index contributed by atoms with van der Waals surface area (Å²) in [5.41, 5.74) is 4.59. The second-order valence-electron chi connectivity index (χ2n) is 7.55. The molecule has 0 bridgehead atoms. The number of nitrogens with zero attached hydrogens (tertiary/aromatic N) is 5. The third kappa shape index (κ3) is 5.09. The summed E-state index contributed by atoms with van der Waals surface area (Å²) in [5, 5.41) is 16.9. The molecular formula is C24H26N6O2S. The Kier molecular flexibility index (Phi) is 6.79. The second-order valence-corrected chi connectivity index (χ2v) is 8.49. The van der Waals surface area contributed by atoms with Gasteiger partial charge in [0.15, 0.2) is 11.0 Å². The molecule has 8 nitrogen and oxygen atoms in total. The highest BCUT2D eigenvalue weighted by molar-refractivity contribution is 7.99. The van der Waals surface area contributed by atoms with Gasteiger partial charge in [0.1, 0.15) is 11.4 Å². The van der Waals surface area contributed by atoms with E-state index in [1.807, 2.05) is 73.4 Å². The molecule has 0 fully saturated rings. The Labute approximate surface area is 197 Å². The van der Waals surface area contributed by atoms with Crippen molar-refractivity contribution in [2.45, 2.75) is 18.5 Å². The quantitative estimate of drug-likeness (QED) is 0.395. The molecule has 0 aliphatic carbocycles. The lowest BCUT2D eigenvalue weighted by Gasteiger charge is -2.07. The van der Waals surface area contributed by atoms with Crippen LogP contribution >= 0.6 is 11.8 Å². The van der Waals surface area contributed by atoms with Crippen molar-refractivity contribution in [3.05, 3.63) is 60.3 Å². The predicted molar refractivity (Wildman–Crippen MR) is 130 cm³/mol. The first-order valence-electron chi connectivity index (χ1n) is 10.6. The number of hydrogen-bond donors (Lipinski definition) is 1. The Bertz CT molecular complexity index is 1260. The number of methoxy groups -OCH3 is 1. The number of aryl methyl sites for hydroxylation is 2. The first-order valence-corrected chi connectivity index (χ1v) is 11.6. The van der Waals surface area contributed by atoms with Gasteiger partial charge in [-0.25, -0.2) is 0 Å². The smallest absolute Gasteiger partial charge is 0.234 e. The van der Waals surface area contributed by atoms with Crippen LogP contribution in [0.4, 0.5) is 5.69 Å². The van der Waals surface area contributed by atoms with Gasteiger partial charge in [-0.05, 0) is 36.2 Å². The van der Waals surface area contributed by atoms with Crippen molar-refractivity contribution in [1.82, 2.24) is 24.5 Å². The van der Waals surface area contributed by atoms with Crippen LogP contribution in [-0.2, 0) is 25.3 Å². The van der Waals surface area contributed by atoms with Crippen molar-refractivity contribution in [3.63, 3.8) is 0 Å². The minimum Gasteiger partial charge on any atom is -0.497 e. The van der Waals surface area contributed by atoms with E-state index < -0.39 is 0 Å². The van der Waals surface area contributed by atoms with Crippen molar-refractivity contribution in [2.24, 2.45) is 14.1 Å². The van der Waals surface area contributed by atoms with Crippen LogP contribution in [0.25, 0.3) is 22.6 Å². The molecule has 0 radical (unpaired) electrons. The molecule has 0 aliphatic rings. The fraction of sp³-hybridized carbons (Fsp3) is 0.250. The molecule has 2 heterocycles. The number of carbonyl (C=O) groups excluding carboxylic acids is 1. The van der Waals surface area contributed by atoms with Gasteiger partial charge >= 0.3 is 0 Å². The lowest BCUT2D eigenvalue weighted by atomic mass is 10.1.